The lowest BCUT2D eigenvalue weighted by atomic mass is 9.87. The highest BCUT2D eigenvalue weighted by Crippen LogP contribution is 2.45. The summed E-state index contributed by atoms with van der Waals surface area (Å²) in [6.45, 7) is 6.76. The van der Waals surface area contributed by atoms with Gasteiger partial charge in [-0.2, -0.15) is 0 Å². The predicted octanol–water partition coefficient (Wildman–Crippen LogP) is 9.56. The molecule has 0 N–H and O–H groups in total. The maximum atomic E-state index is 4.75. The Morgan fingerprint density at radius 1 is 0.667 bits per heavy atom. The predicted molar refractivity (Wildman–Crippen MR) is 156 cm³/mol. The molecule has 0 aliphatic carbocycles. The number of hydrogen-bond donors (Lipinski definition) is 0. The Kier molecular flexibility index (Phi) is 3.85. The third-order valence-electron chi connectivity index (χ3n) is 7.74. The molecule has 0 spiro atoms. The zero-order valence-corrected chi connectivity index (χ0v) is 21.3. The number of hydrogen-bond acceptors (Lipinski definition) is 2. The lowest BCUT2D eigenvalue weighted by Crippen LogP contribution is -2.11. The summed E-state index contributed by atoms with van der Waals surface area (Å²) >= 11 is 1.89. The van der Waals surface area contributed by atoms with Crippen molar-refractivity contribution in [1.29, 1.82) is 0 Å². The summed E-state index contributed by atoms with van der Waals surface area (Å²) in [5.41, 5.74) is 7.49. The van der Waals surface area contributed by atoms with Gasteiger partial charge in [-0.3, -0.25) is 4.98 Å². The molecule has 0 aliphatic heterocycles. The van der Waals surface area contributed by atoms with Crippen molar-refractivity contribution in [3.8, 4) is 11.3 Å². The topological polar surface area (TPSA) is 17.3 Å². The zero-order valence-electron chi connectivity index (χ0n) is 20.5. The fraction of sp³-hybridized carbons (Fsp3) is 0.121. The fourth-order valence-electron chi connectivity index (χ4n) is 5.98. The Morgan fingerprint density at radius 2 is 1.44 bits per heavy atom. The van der Waals surface area contributed by atoms with Crippen LogP contribution in [-0.4, -0.2) is 9.38 Å². The number of fused-ring (bicyclic) bond motifs is 10. The molecule has 0 fully saturated rings. The van der Waals surface area contributed by atoms with Gasteiger partial charge in [0, 0.05) is 53.5 Å². The van der Waals surface area contributed by atoms with Crippen LogP contribution >= 0.6 is 11.3 Å². The molecule has 8 rings (SSSR count). The molecule has 4 heterocycles. The van der Waals surface area contributed by atoms with Crippen LogP contribution in [0.15, 0.2) is 91.1 Å². The molecule has 0 saturated heterocycles. The van der Waals surface area contributed by atoms with Gasteiger partial charge in [-0.05, 0) is 47.4 Å². The summed E-state index contributed by atoms with van der Waals surface area (Å²) in [7, 11) is 0. The van der Waals surface area contributed by atoms with Crippen LogP contribution < -0.4 is 0 Å². The Balaban J connectivity index is 1.51. The minimum atomic E-state index is 0.0892. The number of nitrogens with zero attached hydrogens (tertiary/aromatic N) is 2. The van der Waals surface area contributed by atoms with Crippen LogP contribution in [0, 0.1) is 0 Å². The summed E-state index contributed by atoms with van der Waals surface area (Å²) in [6.07, 6.45) is 1.94. The van der Waals surface area contributed by atoms with Crippen LogP contribution in [-0.2, 0) is 5.41 Å². The number of aromatic nitrogens is 2. The molecule has 0 amide bonds. The van der Waals surface area contributed by atoms with Gasteiger partial charge in [0.05, 0.1) is 22.2 Å². The van der Waals surface area contributed by atoms with E-state index in [0.29, 0.717) is 0 Å². The van der Waals surface area contributed by atoms with E-state index < -0.39 is 0 Å². The third-order valence-corrected chi connectivity index (χ3v) is 8.87. The van der Waals surface area contributed by atoms with E-state index in [2.05, 4.69) is 110 Å². The molecular weight excluding hydrogens is 456 g/mol. The highest BCUT2D eigenvalue weighted by molar-refractivity contribution is 7.26. The quantitative estimate of drug-likeness (QED) is 0.229. The lowest BCUT2D eigenvalue weighted by molar-refractivity contribution is 0.589. The molecule has 36 heavy (non-hydrogen) atoms. The molecule has 0 unspecified atom stereocenters. The van der Waals surface area contributed by atoms with E-state index in [1.54, 1.807) is 0 Å². The SMILES string of the molecule is CC(C)(C)c1ccnc(-c2ccc3c(c2)c2cccc4c5ccc6sc7ccccc7c6c5n3c24)c1. The average Bonchev–Trinajstić information content (AvgIpc) is 3.54. The summed E-state index contributed by atoms with van der Waals surface area (Å²) in [5.74, 6) is 0. The highest BCUT2D eigenvalue weighted by atomic mass is 32.1. The van der Waals surface area contributed by atoms with Crippen molar-refractivity contribution in [2.45, 2.75) is 26.2 Å². The smallest absolute Gasteiger partial charge is 0.0705 e. The summed E-state index contributed by atoms with van der Waals surface area (Å²) in [5, 5.41) is 7.96. The molecule has 0 atom stereocenters. The van der Waals surface area contributed by atoms with Crippen molar-refractivity contribution < 1.29 is 0 Å². The first kappa shape index (κ1) is 20.3. The average molecular weight is 481 g/mol. The second kappa shape index (κ2) is 6.83. The normalized spacial score (nSPS) is 12.9. The Morgan fingerprint density at radius 3 is 2.31 bits per heavy atom. The maximum absolute atomic E-state index is 4.75. The van der Waals surface area contributed by atoms with Crippen LogP contribution in [0.25, 0.3) is 69.5 Å². The van der Waals surface area contributed by atoms with Crippen LogP contribution in [0.3, 0.4) is 0 Å². The van der Waals surface area contributed by atoms with Gasteiger partial charge < -0.3 is 4.40 Å². The first-order valence-electron chi connectivity index (χ1n) is 12.5. The van der Waals surface area contributed by atoms with Gasteiger partial charge in [0.25, 0.3) is 0 Å². The van der Waals surface area contributed by atoms with Crippen molar-refractivity contribution in [1.82, 2.24) is 9.38 Å². The minimum absolute atomic E-state index is 0.0892. The number of thiophene rings is 1. The number of para-hydroxylation sites is 1. The van der Waals surface area contributed by atoms with Gasteiger partial charge >= 0.3 is 0 Å². The first-order valence-corrected chi connectivity index (χ1v) is 13.3. The van der Waals surface area contributed by atoms with Crippen LogP contribution in [0.2, 0.25) is 0 Å². The molecule has 4 aromatic carbocycles. The van der Waals surface area contributed by atoms with Gasteiger partial charge in [-0.1, -0.05) is 69.3 Å². The van der Waals surface area contributed by atoms with E-state index in [1.807, 2.05) is 17.5 Å². The van der Waals surface area contributed by atoms with E-state index in [1.165, 1.54) is 63.8 Å². The minimum Gasteiger partial charge on any atom is -0.307 e. The van der Waals surface area contributed by atoms with E-state index in [-0.39, 0.29) is 5.41 Å². The Bertz CT molecular complexity index is 2140. The monoisotopic (exact) mass is 480 g/mol. The highest BCUT2D eigenvalue weighted by Gasteiger charge is 2.21. The van der Waals surface area contributed by atoms with Crippen molar-refractivity contribution in [2.24, 2.45) is 0 Å². The molecule has 2 nitrogen and oxygen atoms in total. The zero-order chi connectivity index (χ0) is 24.2. The maximum Gasteiger partial charge on any atom is 0.0705 e. The summed E-state index contributed by atoms with van der Waals surface area (Å²) < 4.78 is 5.20. The number of rotatable bonds is 1. The van der Waals surface area contributed by atoms with Crippen molar-refractivity contribution in [3.05, 3.63) is 96.7 Å². The van der Waals surface area contributed by atoms with E-state index in [4.69, 9.17) is 4.98 Å². The van der Waals surface area contributed by atoms with Crippen LogP contribution in [0.1, 0.15) is 26.3 Å². The van der Waals surface area contributed by atoms with Crippen molar-refractivity contribution >= 4 is 69.6 Å². The standard InChI is InChI=1S/C33H24N2S/c1-33(2,3)20-15-16-34-26(18-20)19-11-13-27-25(17-19)22-9-6-8-21-23-12-14-29-30(32(23)35(27)31(21)22)24-7-4-5-10-28(24)36-29/h4-18H,1-3H3. The van der Waals surface area contributed by atoms with Gasteiger partial charge in [0.1, 0.15) is 0 Å². The molecule has 4 aromatic heterocycles. The molecule has 0 saturated carbocycles. The number of benzene rings is 4. The molecule has 0 aliphatic rings. The molecule has 0 bridgehead atoms. The van der Waals surface area contributed by atoms with E-state index in [9.17, 15) is 0 Å². The third kappa shape index (κ3) is 2.58. The van der Waals surface area contributed by atoms with Gasteiger partial charge in [-0.15, -0.1) is 11.3 Å². The molecular formula is C33H24N2S. The summed E-state index contributed by atoms with van der Waals surface area (Å²) in [4.78, 5) is 4.75. The second-order valence-electron chi connectivity index (χ2n) is 10.9. The van der Waals surface area contributed by atoms with Gasteiger partial charge in [0.2, 0.25) is 0 Å². The molecule has 172 valence electrons. The van der Waals surface area contributed by atoms with E-state index >= 15 is 0 Å². The lowest BCUT2D eigenvalue weighted by Gasteiger charge is -2.19. The van der Waals surface area contributed by atoms with Gasteiger partial charge in [0.15, 0.2) is 0 Å². The molecule has 3 heteroatoms. The summed E-state index contributed by atoms with van der Waals surface area (Å²) in [6, 6.07) is 31.4. The van der Waals surface area contributed by atoms with Gasteiger partial charge in [-0.25, -0.2) is 0 Å². The largest absolute Gasteiger partial charge is 0.307 e. The Hall–Kier alpha value is -3.95. The molecule has 8 aromatic rings. The fourth-order valence-corrected chi connectivity index (χ4v) is 7.09. The van der Waals surface area contributed by atoms with E-state index in [0.717, 1.165) is 11.3 Å². The van der Waals surface area contributed by atoms with Crippen molar-refractivity contribution in [2.75, 3.05) is 0 Å². The first-order chi connectivity index (χ1) is 17.5. The van der Waals surface area contributed by atoms with Crippen LogP contribution in [0.5, 0.6) is 0 Å². The Labute approximate surface area is 212 Å². The van der Waals surface area contributed by atoms with Crippen molar-refractivity contribution in [3.63, 3.8) is 0 Å². The number of pyridine rings is 1. The molecule has 0 radical (unpaired) electrons. The van der Waals surface area contributed by atoms with Crippen LogP contribution in [0.4, 0.5) is 0 Å². The second-order valence-corrected chi connectivity index (χ2v) is 12.0.